The molecule has 118 valence electrons. The minimum absolute atomic E-state index is 0.0248. The summed E-state index contributed by atoms with van der Waals surface area (Å²) in [7, 11) is 0. The summed E-state index contributed by atoms with van der Waals surface area (Å²) in [4.78, 5) is 18.3. The summed E-state index contributed by atoms with van der Waals surface area (Å²) in [6.07, 6.45) is 0.621. The van der Waals surface area contributed by atoms with Crippen LogP contribution in [0.2, 0.25) is 0 Å². The number of aromatic nitrogens is 1. The average molecular weight is 312 g/mol. The maximum atomic E-state index is 12.1. The largest absolute Gasteiger partial charge is 0.444 e. The maximum absolute atomic E-state index is 12.1. The van der Waals surface area contributed by atoms with E-state index in [1.165, 1.54) is 0 Å². The van der Waals surface area contributed by atoms with E-state index in [2.05, 4.69) is 4.98 Å². The predicted octanol–water partition coefficient (Wildman–Crippen LogP) is 2.61. The lowest BCUT2D eigenvalue weighted by atomic mass is 9.92. The molecule has 1 saturated heterocycles. The molecule has 1 fully saturated rings. The lowest BCUT2D eigenvalue weighted by Gasteiger charge is -2.36. The number of ether oxygens (including phenoxy) is 1. The normalized spacial score (nSPS) is 23.2. The van der Waals surface area contributed by atoms with Crippen LogP contribution < -0.4 is 0 Å². The zero-order valence-electron chi connectivity index (χ0n) is 13.1. The quantitative estimate of drug-likeness (QED) is 0.912. The first-order valence-electron chi connectivity index (χ1n) is 7.31. The number of thiazole rings is 1. The van der Waals surface area contributed by atoms with Crippen molar-refractivity contribution < 1.29 is 14.6 Å². The Labute approximate surface area is 129 Å². The highest BCUT2D eigenvalue weighted by molar-refractivity contribution is 7.09. The van der Waals surface area contributed by atoms with Gasteiger partial charge in [-0.05, 0) is 34.1 Å². The Bertz CT molecular complexity index is 495. The number of piperidine rings is 1. The molecule has 0 spiro atoms. The summed E-state index contributed by atoms with van der Waals surface area (Å²) in [5, 5.41) is 13.2. The van der Waals surface area contributed by atoms with Gasteiger partial charge in [0.1, 0.15) is 5.60 Å². The third-order valence-electron chi connectivity index (χ3n) is 3.45. The molecule has 1 aromatic rings. The molecular formula is C15H24N2O3S. The second kappa shape index (κ2) is 6.32. The molecule has 0 bridgehead atoms. The lowest BCUT2D eigenvalue weighted by Crippen LogP contribution is -2.48. The van der Waals surface area contributed by atoms with Gasteiger partial charge in [-0.15, -0.1) is 11.3 Å². The van der Waals surface area contributed by atoms with Gasteiger partial charge in [-0.2, -0.15) is 0 Å². The lowest BCUT2D eigenvalue weighted by molar-refractivity contribution is -0.00825. The number of likely N-dealkylation sites (tertiary alicyclic amines) is 1. The summed E-state index contributed by atoms with van der Waals surface area (Å²) < 4.78 is 5.41. The first-order valence-corrected chi connectivity index (χ1v) is 8.19. The van der Waals surface area contributed by atoms with E-state index < -0.39 is 5.60 Å². The van der Waals surface area contributed by atoms with Crippen LogP contribution in [0.4, 0.5) is 4.79 Å². The first-order chi connectivity index (χ1) is 9.74. The fraction of sp³-hybridized carbons (Fsp3) is 0.733. The molecule has 1 aromatic heterocycles. The van der Waals surface area contributed by atoms with Gasteiger partial charge in [-0.1, -0.05) is 0 Å². The van der Waals surface area contributed by atoms with E-state index in [9.17, 15) is 9.90 Å². The number of rotatable bonds is 2. The smallest absolute Gasteiger partial charge is 0.410 e. The van der Waals surface area contributed by atoms with E-state index in [1.807, 2.05) is 33.1 Å². The monoisotopic (exact) mass is 312 g/mol. The molecule has 1 amide bonds. The van der Waals surface area contributed by atoms with Crippen molar-refractivity contribution in [3.8, 4) is 0 Å². The minimum atomic E-state index is -0.491. The number of aliphatic hydroxyl groups excluding tert-OH is 1. The Kier molecular flexibility index (Phi) is 4.88. The molecule has 0 saturated carbocycles. The Hall–Kier alpha value is -1.14. The zero-order chi connectivity index (χ0) is 15.6. The number of hydrogen-bond acceptors (Lipinski definition) is 5. The molecule has 0 aliphatic carbocycles. The Morgan fingerprint density at radius 1 is 1.57 bits per heavy atom. The molecule has 21 heavy (non-hydrogen) atoms. The molecule has 5 nitrogen and oxygen atoms in total. The number of carbonyl (C=O) groups excluding carboxylic acids is 1. The summed E-state index contributed by atoms with van der Waals surface area (Å²) in [6, 6.07) is 0. The zero-order valence-corrected chi connectivity index (χ0v) is 13.9. The van der Waals surface area contributed by atoms with E-state index in [0.717, 1.165) is 10.7 Å². The molecule has 6 heteroatoms. The fourth-order valence-corrected chi connectivity index (χ4v) is 3.30. The molecule has 2 atom stereocenters. The molecule has 2 heterocycles. The van der Waals surface area contributed by atoms with Crippen LogP contribution in [-0.2, 0) is 11.2 Å². The highest BCUT2D eigenvalue weighted by Gasteiger charge is 2.33. The number of amides is 1. The van der Waals surface area contributed by atoms with Crippen LogP contribution >= 0.6 is 11.3 Å². The number of aryl methyl sites for hydroxylation is 1. The Morgan fingerprint density at radius 2 is 2.29 bits per heavy atom. The number of carbonyl (C=O) groups is 1. The SMILES string of the molecule is Cc1csc(CC2CN(C(=O)OC(C)(C)C)CCC2O)n1. The van der Waals surface area contributed by atoms with Gasteiger partial charge in [0.05, 0.1) is 11.1 Å². The molecule has 2 unspecified atom stereocenters. The van der Waals surface area contributed by atoms with Gasteiger partial charge < -0.3 is 14.7 Å². The van der Waals surface area contributed by atoms with Crippen molar-refractivity contribution in [2.24, 2.45) is 5.92 Å². The van der Waals surface area contributed by atoms with Gasteiger partial charge in [0.25, 0.3) is 0 Å². The summed E-state index contributed by atoms with van der Waals surface area (Å²) in [6.45, 7) is 8.61. The van der Waals surface area contributed by atoms with Gasteiger partial charge in [0.15, 0.2) is 0 Å². The van der Waals surface area contributed by atoms with Crippen LogP contribution in [-0.4, -0.2) is 45.9 Å². The van der Waals surface area contributed by atoms with Gasteiger partial charge in [-0.25, -0.2) is 9.78 Å². The van der Waals surface area contributed by atoms with Crippen molar-refractivity contribution in [2.75, 3.05) is 13.1 Å². The van der Waals surface area contributed by atoms with Crippen LogP contribution in [0.5, 0.6) is 0 Å². The third kappa shape index (κ3) is 4.68. The van der Waals surface area contributed by atoms with E-state index in [1.54, 1.807) is 16.2 Å². The second-order valence-corrected chi connectivity index (χ2v) is 7.57. The van der Waals surface area contributed by atoms with Crippen molar-refractivity contribution in [2.45, 2.75) is 52.2 Å². The number of hydrogen-bond donors (Lipinski definition) is 1. The summed E-state index contributed by atoms with van der Waals surface area (Å²) in [5.74, 6) is 0.0248. The molecule has 1 N–H and O–H groups in total. The molecular weight excluding hydrogens is 288 g/mol. The van der Waals surface area contributed by atoms with Crippen molar-refractivity contribution in [3.05, 3.63) is 16.1 Å². The fourth-order valence-electron chi connectivity index (χ4n) is 2.43. The van der Waals surface area contributed by atoms with E-state index in [-0.39, 0.29) is 18.1 Å². The van der Waals surface area contributed by atoms with Crippen molar-refractivity contribution >= 4 is 17.4 Å². The Balaban J connectivity index is 1.97. The third-order valence-corrected chi connectivity index (χ3v) is 4.44. The van der Waals surface area contributed by atoms with Crippen molar-refractivity contribution in [1.29, 1.82) is 0 Å². The summed E-state index contributed by atoms with van der Waals surface area (Å²) in [5.41, 5.74) is 0.513. The molecule has 2 rings (SSSR count). The average Bonchev–Trinajstić information content (AvgIpc) is 2.75. The van der Waals surface area contributed by atoms with Gasteiger partial charge in [0, 0.05) is 36.5 Å². The topological polar surface area (TPSA) is 62.7 Å². The Morgan fingerprint density at radius 3 is 2.86 bits per heavy atom. The predicted molar refractivity (Wildman–Crippen MR) is 82.5 cm³/mol. The highest BCUT2D eigenvalue weighted by atomic mass is 32.1. The van der Waals surface area contributed by atoms with Gasteiger partial charge in [0.2, 0.25) is 0 Å². The van der Waals surface area contributed by atoms with Crippen molar-refractivity contribution in [3.63, 3.8) is 0 Å². The van der Waals surface area contributed by atoms with Crippen LogP contribution in [0.15, 0.2) is 5.38 Å². The van der Waals surface area contributed by atoms with E-state index in [4.69, 9.17) is 4.74 Å². The molecule has 1 aliphatic heterocycles. The number of nitrogens with zero attached hydrogens (tertiary/aromatic N) is 2. The standard InChI is InChI=1S/C15H24N2O3S/c1-10-9-21-13(16-10)7-11-8-17(6-5-12(11)18)14(19)20-15(2,3)4/h9,11-12,18H,5-8H2,1-4H3. The first kappa shape index (κ1) is 16.2. The van der Waals surface area contributed by atoms with Crippen LogP contribution in [0.3, 0.4) is 0 Å². The minimum Gasteiger partial charge on any atom is -0.444 e. The van der Waals surface area contributed by atoms with E-state index >= 15 is 0 Å². The second-order valence-electron chi connectivity index (χ2n) is 6.63. The summed E-state index contributed by atoms with van der Waals surface area (Å²) >= 11 is 1.61. The maximum Gasteiger partial charge on any atom is 0.410 e. The van der Waals surface area contributed by atoms with Crippen LogP contribution in [0.25, 0.3) is 0 Å². The highest BCUT2D eigenvalue weighted by Crippen LogP contribution is 2.24. The molecule has 1 aliphatic rings. The molecule has 0 radical (unpaired) electrons. The number of aliphatic hydroxyl groups is 1. The van der Waals surface area contributed by atoms with Gasteiger partial charge in [-0.3, -0.25) is 0 Å². The van der Waals surface area contributed by atoms with Gasteiger partial charge >= 0.3 is 6.09 Å². The molecule has 0 aromatic carbocycles. The van der Waals surface area contributed by atoms with Crippen LogP contribution in [0, 0.1) is 12.8 Å². The van der Waals surface area contributed by atoms with Crippen LogP contribution in [0.1, 0.15) is 37.9 Å². The van der Waals surface area contributed by atoms with Crippen molar-refractivity contribution in [1.82, 2.24) is 9.88 Å². The van der Waals surface area contributed by atoms with E-state index in [0.29, 0.717) is 25.9 Å².